The van der Waals surface area contributed by atoms with E-state index in [2.05, 4.69) is 0 Å². The number of anilines is 3. The lowest BCUT2D eigenvalue weighted by atomic mass is 10.0. The van der Waals surface area contributed by atoms with Crippen molar-refractivity contribution in [3.05, 3.63) is 29.8 Å². The fourth-order valence-corrected chi connectivity index (χ4v) is 1.58. The van der Waals surface area contributed by atoms with E-state index in [0.717, 1.165) is 22.0 Å². The van der Waals surface area contributed by atoms with Crippen LogP contribution in [0.3, 0.4) is 0 Å². The molecule has 0 heterocycles. The number of benzene rings is 2. The summed E-state index contributed by atoms with van der Waals surface area (Å²) in [5.74, 6) is 0. The third-order valence-electron chi connectivity index (χ3n) is 2.54. The predicted octanol–water partition coefficient (Wildman–Crippen LogP) is 1.89. The van der Waals surface area contributed by atoms with Crippen molar-refractivity contribution in [1.82, 2.24) is 0 Å². The van der Waals surface area contributed by atoms with Crippen LogP contribution in [-0.4, -0.2) is 0 Å². The van der Waals surface area contributed by atoms with Crippen LogP contribution in [0.1, 0.15) is 5.56 Å². The van der Waals surface area contributed by atoms with Gasteiger partial charge in [-0.3, -0.25) is 0 Å². The fourth-order valence-electron chi connectivity index (χ4n) is 1.58. The summed E-state index contributed by atoms with van der Waals surface area (Å²) in [6.07, 6.45) is 0. The summed E-state index contributed by atoms with van der Waals surface area (Å²) >= 11 is 0. The lowest BCUT2D eigenvalue weighted by molar-refractivity contribution is 1.50. The molecule has 0 atom stereocenters. The first-order valence-electron chi connectivity index (χ1n) is 4.44. The molecular weight excluding hydrogens is 174 g/mol. The zero-order chi connectivity index (χ0) is 10.3. The van der Waals surface area contributed by atoms with Gasteiger partial charge in [0.15, 0.2) is 0 Å². The molecule has 0 saturated carbocycles. The minimum atomic E-state index is 0.598. The summed E-state index contributed by atoms with van der Waals surface area (Å²) in [4.78, 5) is 0. The molecule has 2 rings (SSSR count). The summed E-state index contributed by atoms with van der Waals surface area (Å²) in [5, 5.41) is 1.89. The van der Waals surface area contributed by atoms with Crippen molar-refractivity contribution in [3.63, 3.8) is 0 Å². The number of rotatable bonds is 0. The number of hydrogen-bond donors (Lipinski definition) is 3. The molecule has 2 aromatic rings. The lowest BCUT2D eigenvalue weighted by Crippen LogP contribution is -1.98. The Balaban J connectivity index is 2.94. The highest BCUT2D eigenvalue weighted by molar-refractivity contribution is 6.04. The van der Waals surface area contributed by atoms with Gasteiger partial charge in [0.1, 0.15) is 0 Å². The first kappa shape index (κ1) is 8.69. The zero-order valence-electron chi connectivity index (χ0n) is 8.04. The Bertz CT molecular complexity index is 456. The van der Waals surface area contributed by atoms with E-state index in [1.165, 1.54) is 0 Å². The number of nitrogens with two attached hydrogens (primary N) is 3. The van der Waals surface area contributed by atoms with Crippen LogP contribution in [0.5, 0.6) is 0 Å². The maximum Gasteiger partial charge on any atom is 0.0628 e. The fraction of sp³-hybridized carbons (Fsp3) is 0.0909. The highest BCUT2D eigenvalue weighted by Gasteiger charge is 2.05. The molecule has 3 nitrogen and oxygen atoms in total. The normalized spacial score (nSPS) is 10.6. The van der Waals surface area contributed by atoms with E-state index in [1.807, 2.05) is 25.1 Å². The van der Waals surface area contributed by atoms with Gasteiger partial charge in [-0.05, 0) is 18.6 Å². The summed E-state index contributed by atoms with van der Waals surface area (Å²) in [7, 11) is 0. The Morgan fingerprint density at radius 1 is 0.786 bits per heavy atom. The van der Waals surface area contributed by atoms with E-state index in [0.29, 0.717) is 11.4 Å². The summed E-state index contributed by atoms with van der Waals surface area (Å²) in [6, 6.07) is 7.59. The van der Waals surface area contributed by atoms with Crippen LogP contribution in [0.15, 0.2) is 24.3 Å². The molecule has 0 aliphatic carbocycles. The van der Waals surface area contributed by atoms with E-state index in [1.54, 1.807) is 6.07 Å². The Kier molecular flexibility index (Phi) is 1.74. The third kappa shape index (κ3) is 1.06. The molecule has 3 heteroatoms. The number of hydrogen-bond acceptors (Lipinski definition) is 3. The van der Waals surface area contributed by atoms with Crippen LogP contribution in [-0.2, 0) is 0 Å². The molecule has 0 amide bonds. The molecule has 0 radical (unpaired) electrons. The molecule has 0 bridgehead atoms. The average molecular weight is 187 g/mol. The lowest BCUT2D eigenvalue weighted by Gasteiger charge is -2.09. The van der Waals surface area contributed by atoms with Crippen LogP contribution < -0.4 is 17.2 Å². The van der Waals surface area contributed by atoms with Gasteiger partial charge in [0.05, 0.1) is 11.4 Å². The van der Waals surface area contributed by atoms with Crippen LogP contribution in [0.25, 0.3) is 10.8 Å². The Morgan fingerprint density at radius 3 is 2.07 bits per heavy atom. The van der Waals surface area contributed by atoms with Gasteiger partial charge in [0, 0.05) is 16.5 Å². The Morgan fingerprint density at radius 2 is 1.36 bits per heavy atom. The van der Waals surface area contributed by atoms with Crippen LogP contribution in [0.2, 0.25) is 0 Å². The number of fused-ring (bicyclic) bond motifs is 1. The van der Waals surface area contributed by atoms with E-state index in [-0.39, 0.29) is 0 Å². The summed E-state index contributed by atoms with van der Waals surface area (Å²) in [5.41, 5.74) is 20.5. The minimum absolute atomic E-state index is 0.598. The standard InChI is InChI=1S/C11H13N3/c1-6-2-3-8-7(10(6)13)4-5-9(12)11(8)14/h2-5H,12-14H2,1H3. The van der Waals surface area contributed by atoms with Gasteiger partial charge >= 0.3 is 0 Å². The molecule has 0 spiro atoms. The van der Waals surface area contributed by atoms with Crippen LogP contribution >= 0.6 is 0 Å². The molecule has 6 N–H and O–H groups in total. The minimum Gasteiger partial charge on any atom is -0.398 e. The van der Waals surface area contributed by atoms with Crippen molar-refractivity contribution in [3.8, 4) is 0 Å². The molecule has 0 aromatic heterocycles. The van der Waals surface area contributed by atoms with Crippen molar-refractivity contribution < 1.29 is 0 Å². The molecule has 0 saturated heterocycles. The van der Waals surface area contributed by atoms with Crippen LogP contribution in [0.4, 0.5) is 17.1 Å². The second kappa shape index (κ2) is 2.80. The second-order valence-electron chi connectivity index (χ2n) is 3.46. The molecule has 0 aliphatic rings. The van der Waals surface area contributed by atoms with E-state index < -0.39 is 0 Å². The molecule has 14 heavy (non-hydrogen) atoms. The van der Waals surface area contributed by atoms with Crippen molar-refractivity contribution >= 4 is 27.8 Å². The van der Waals surface area contributed by atoms with Gasteiger partial charge < -0.3 is 17.2 Å². The van der Waals surface area contributed by atoms with E-state index in [9.17, 15) is 0 Å². The first-order valence-corrected chi connectivity index (χ1v) is 4.44. The number of aryl methyl sites for hydroxylation is 1. The van der Waals surface area contributed by atoms with Gasteiger partial charge in [-0.1, -0.05) is 18.2 Å². The summed E-state index contributed by atoms with van der Waals surface area (Å²) < 4.78 is 0. The first-order chi connectivity index (χ1) is 6.61. The largest absolute Gasteiger partial charge is 0.398 e. The van der Waals surface area contributed by atoms with Crippen molar-refractivity contribution in [2.45, 2.75) is 6.92 Å². The summed E-state index contributed by atoms with van der Waals surface area (Å²) in [6.45, 7) is 1.97. The van der Waals surface area contributed by atoms with E-state index in [4.69, 9.17) is 17.2 Å². The zero-order valence-corrected chi connectivity index (χ0v) is 8.04. The maximum atomic E-state index is 5.94. The monoisotopic (exact) mass is 187 g/mol. The highest BCUT2D eigenvalue weighted by Crippen LogP contribution is 2.31. The molecule has 0 aliphatic heterocycles. The Labute approximate surface area is 82.5 Å². The Hall–Kier alpha value is -1.90. The molecule has 2 aromatic carbocycles. The highest BCUT2D eigenvalue weighted by atomic mass is 14.7. The third-order valence-corrected chi connectivity index (χ3v) is 2.54. The SMILES string of the molecule is Cc1ccc2c(N)c(N)ccc2c1N. The number of nitrogen functional groups attached to an aromatic ring is 3. The van der Waals surface area contributed by atoms with Crippen molar-refractivity contribution in [1.29, 1.82) is 0 Å². The van der Waals surface area contributed by atoms with E-state index >= 15 is 0 Å². The van der Waals surface area contributed by atoms with Gasteiger partial charge in [-0.25, -0.2) is 0 Å². The van der Waals surface area contributed by atoms with Gasteiger partial charge in [-0.15, -0.1) is 0 Å². The second-order valence-corrected chi connectivity index (χ2v) is 3.46. The van der Waals surface area contributed by atoms with Gasteiger partial charge in [-0.2, -0.15) is 0 Å². The van der Waals surface area contributed by atoms with Crippen LogP contribution in [0, 0.1) is 6.92 Å². The van der Waals surface area contributed by atoms with Crippen molar-refractivity contribution in [2.24, 2.45) is 0 Å². The smallest absolute Gasteiger partial charge is 0.0628 e. The molecular formula is C11H13N3. The predicted molar refractivity (Wildman–Crippen MR) is 61.9 cm³/mol. The van der Waals surface area contributed by atoms with Crippen molar-refractivity contribution in [2.75, 3.05) is 17.2 Å². The molecule has 72 valence electrons. The topological polar surface area (TPSA) is 78.1 Å². The van der Waals surface area contributed by atoms with Gasteiger partial charge in [0.25, 0.3) is 0 Å². The molecule has 0 fully saturated rings. The molecule has 0 unspecified atom stereocenters. The average Bonchev–Trinajstić information content (AvgIpc) is 2.17. The maximum absolute atomic E-state index is 5.94. The quantitative estimate of drug-likeness (QED) is 0.551. The van der Waals surface area contributed by atoms with Gasteiger partial charge in [0.2, 0.25) is 0 Å².